The van der Waals surface area contributed by atoms with E-state index in [4.69, 9.17) is 18.9 Å². The van der Waals surface area contributed by atoms with Gasteiger partial charge in [-0.15, -0.1) is 0 Å². The number of ether oxygens (including phenoxy) is 4. The first-order valence-corrected chi connectivity index (χ1v) is 26.2. The third kappa shape index (κ3) is 34.9. The van der Waals surface area contributed by atoms with E-state index in [1.807, 2.05) is 0 Å². The minimum absolute atomic E-state index is 0.193. The van der Waals surface area contributed by atoms with Gasteiger partial charge < -0.3 is 39.4 Å². The number of carbonyl (C=O) groups excluding carboxylic acids is 2. The molecule has 1 saturated heterocycles. The normalized spacial score (nSPS) is 19.8. The van der Waals surface area contributed by atoms with Crippen molar-refractivity contribution in [2.75, 3.05) is 19.8 Å². The molecule has 10 heteroatoms. The van der Waals surface area contributed by atoms with Crippen molar-refractivity contribution >= 4 is 11.9 Å². The summed E-state index contributed by atoms with van der Waals surface area (Å²) in [5.41, 5.74) is 0. The topological polar surface area (TPSA) is 152 Å². The van der Waals surface area contributed by atoms with Crippen molar-refractivity contribution in [2.24, 2.45) is 0 Å². The minimum atomic E-state index is -1.60. The molecule has 0 aliphatic carbocycles. The second kappa shape index (κ2) is 44.5. The van der Waals surface area contributed by atoms with Gasteiger partial charge in [-0.2, -0.15) is 0 Å². The van der Waals surface area contributed by atoms with Crippen molar-refractivity contribution in [3.05, 3.63) is 48.6 Å². The third-order valence-electron chi connectivity index (χ3n) is 11.9. The first kappa shape index (κ1) is 59.7. The largest absolute Gasteiger partial charge is 0.462 e. The van der Waals surface area contributed by atoms with E-state index in [0.29, 0.717) is 6.42 Å². The fourth-order valence-corrected chi connectivity index (χ4v) is 7.83. The summed E-state index contributed by atoms with van der Waals surface area (Å²) in [4.78, 5) is 25.4. The van der Waals surface area contributed by atoms with Crippen LogP contribution >= 0.6 is 0 Å². The Hall–Kier alpha value is -2.34. The van der Waals surface area contributed by atoms with Crippen molar-refractivity contribution in [1.82, 2.24) is 0 Å². The zero-order valence-electron chi connectivity index (χ0n) is 40.8. The maximum atomic E-state index is 12.8. The fourth-order valence-electron chi connectivity index (χ4n) is 7.83. The molecule has 2 unspecified atom stereocenters. The third-order valence-corrected chi connectivity index (χ3v) is 11.9. The molecular weight excluding hydrogens is 809 g/mol. The highest BCUT2D eigenvalue weighted by Crippen LogP contribution is 2.23. The van der Waals surface area contributed by atoms with Gasteiger partial charge >= 0.3 is 11.9 Å². The van der Waals surface area contributed by atoms with Gasteiger partial charge in [0.15, 0.2) is 12.4 Å². The van der Waals surface area contributed by atoms with E-state index in [0.717, 1.165) is 64.2 Å². The average molecular weight is 905 g/mol. The number of carbonyl (C=O) groups is 2. The number of rotatable bonds is 44. The molecule has 0 amide bonds. The fraction of sp³-hybridized carbons (Fsp3) is 0.815. The number of aliphatic hydroxyl groups excluding tert-OH is 4. The summed E-state index contributed by atoms with van der Waals surface area (Å²) in [5.74, 6) is -0.835. The van der Waals surface area contributed by atoms with Crippen LogP contribution < -0.4 is 0 Å². The van der Waals surface area contributed by atoms with Crippen molar-refractivity contribution in [3.8, 4) is 0 Å². The van der Waals surface area contributed by atoms with Crippen LogP contribution in [0.2, 0.25) is 0 Å². The van der Waals surface area contributed by atoms with Gasteiger partial charge in [-0.05, 0) is 51.4 Å². The molecular formula is C54H96O10. The molecule has 10 nitrogen and oxygen atoms in total. The van der Waals surface area contributed by atoms with Crippen LogP contribution in [0.25, 0.3) is 0 Å². The van der Waals surface area contributed by atoms with Crippen LogP contribution in [0, 0.1) is 0 Å². The molecule has 0 bridgehead atoms. The summed E-state index contributed by atoms with van der Waals surface area (Å²) in [6.07, 6.45) is 46.9. The molecule has 372 valence electrons. The monoisotopic (exact) mass is 905 g/mol. The molecule has 0 aromatic heterocycles. The summed E-state index contributed by atoms with van der Waals surface area (Å²) in [7, 11) is 0. The lowest BCUT2D eigenvalue weighted by Gasteiger charge is -2.39. The molecule has 1 heterocycles. The summed E-state index contributed by atoms with van der Waals surface area (Å²) < 4.78 is 22.2. The highest BCUT2D eigenvalue weighted by molar-refractivity contribution is 5.70. The Labute approximate surface area is 390 Å². The highest BCUT2D eigenvalue weighted by atomic mass is 16.7. The number of aliphatic hydroxyl groups is 4. The Morgan fingerprint density at radius 2 is 0.906 bits per heavy atom. The Kier molecular flexibility index (Phi) is 41.5. The number of allylic oxidation sites excluding steroid dienone is 8. The first-order chi connectivity index (χ1) is 31.3. The van der Waals surface area contributed by atoms with Gasteiger partial charge in [0, 0.05) is 12.8 Å². The van der Waals surface area contributed by atoms with Gasteiger partial charge in [-0.1, -0.05) is 210 Å². The molecule has 1 aliphatic heterocycles. The number of hydrogen-bond donors (Lipinski definition) is 4. The maximum absolute atomic E-state index is 12.8. The van der Waals surface area contributed by atoms with Crippen LogP contribution in [0.5, 0.6) is 0 Å². The second-order valence-electron chi connectivity index (χ2n) is 18.0. The Morgan fingerprint density at radius 3 is 1.38 bits per heavy atom. The van der Waals surface area contributed by atoms with Crippen LogP contribution in [0.4, 0.5) is 0 Å². The summed E-state index contributed by atoms with van der Waals surface area (Å²) in [6, 6.07) is 0. The highest BCUT2D eigenvalue weighted by Gasteiger charge is 2.44. The van der Waals surface area contributed by atoms with E-state index >= 15 is 0 Å². The summed E-state index contributed by atoms with van der Waals surface area (Å²) in [6.45, 7) is 3.35. The molecule has 0 saturated carbocycles. The van der Waals surface area contributed by atoms with Gasteiger partial charge in [0.2, 0.25) is 0 Å². The zero-order chi connectivity index (χ0) is 46.6. The molecule has 1 rings (SSSR count). The van der Waals surface area contributed by atoms with Crippen LogP contribution in [-0.4, -0.2) is 89.0 Å². The predicted molar refractivity (Wildman–Crippen MR) is 261 cm³/mol. The van der Waals surface area contributed by atoms with Crippen LogP contribution in [0.3, 0.4) is 0 Å². The SMILES string of the molecule is CCC/C=C/C/C=C/C/C=C/C/C=C/CCCCCC(=O)O[C@@H](COC(=O)CCCCCCCCCCCCCCCCCCCCCCCC)CO[C@H]1O[C@@H](CO)[C@@H](O)C(O)C1O. The number of unbranched alkanes of at least 4 members (excludes halogenated alkanes) is 25. The molecule has 0 radical (unpaired) electrons. The Bertz CT molecular complexity index is 1180. The molecule has 0 aromatic rings. The van der Waals surface area contributed by atoms with E-state index in [9.17, 15) is 30.0 Å². The molecule has 0 aromatic carbocycles. The predicted octanol–water partition coefficient (Wildman–Crippen LogP) is 12.4. The second-order valence-corrected chi connectivity index (χ2v) is 18.0. The molecule has 0 spiro atoms. The van der Waals surface area contributed by atoms with Crippen molar-refractivity contribution in [3.63, 3.8) is 0 Å². The van der Waals surface area contributed by atoms with Crippen molar-refractivity contribution < 1.29 is 49.0 Å². The summed E-state index contributed by atoms with van der Waals surface area (Å²) >= 11 is 0. The van der Waals surface area contributed by atoms with E-state index < -0.39 is 49.4 Å². The van der Waals surface area contributed by atoms with Crippen molar-refractivity contribution in [2.45, 2.75) is 263 Å². The van der Waals surface area contributed by atoms with Crippen LogP contribution in [-0.2, 0) is 28.5 Å². The molecule has 4 N–H and O–H groups in total. The van der Waals surface area contributed by atoms with Gasteiger partial charge in [0.25, 0.3) is 0 Å². The standard InChI is InChI=1S/C54H96O10/c1-3-5-7-9-11-13-15-17-19-21-22-23-24-25-27-28-30-32-34-36-38-40-42-49(56)61-45-47(46-62-54-53(60)52(59)51(58)48(44-55)64-54)63-50(57)43-41-39-37-35-33-31-29-26-20-18-16-14-12-10-8-6-4-2/h8,10,14,16,20,26,31,33,47-48,51-55,58-60H,3-7,9,11-13,15,17-19,21-25,27-30,32,34-46H2,1-2H3/b10-8+,16-14+,26-20+,33-31+/t47-,48-,51+,52?,53?,54-/m0/s1. The lowest BCUT2D eigenvalue weighted by Crippen LogP contribution is -2.59. The van der Waals surface area contributed by atoms with E-state index in [1.165, 1.54) is 128 Å². The summed E-state index contributed by atoms with van der Waals surface area (Å²) in [5, 5.41) is 40.2. The molecule has 1 fully saturated rings. The van der Waals surface area contributed by atoms with Crippen LogP contribution in [0.15, 0.2) is 48.6 Å². The molecule has 1 aliphatic rings. The van der Waals surface area contributed by atoms with E-state index in [2.05, 4.69) is 62.5 Å². The lowest BCUT2D eigenvalue weighted by atomic mass is 9.99. The lowest BCUT2D eigenvalue weighted by molar-refractivity contribution is -0.305. The van der Waals surface area contributed by atoms with Gasteiger partial charge in [-0.25, -0.2) is 0 Å². The van der Waals surface area contributed by atoms with E-state index in [-0.39, 0.29) is 32.0 Å². The first-order valence-electron chi connectivity index (χ1n) is 26.2. The molecule has 64 heavy (non-hydrogen) atoms. The van der Waals surface area contributed by atoms with Gasteiger partial charge in [0.05, 0.1) is 13.2 Å². The minimum Gasteiger partial charge on any atom is -0.462 e. The molecule has 6 atom stereocenters. The van der Waals surface area contributed by atoms with Gasteiger partial charge in [0.1, 0.15) is 31.0 Å². The Morgan fingerprint density at radius 1 is 0.484 bits per heavy atom. The van der Waals surface area contributed by atoms with E-state index in [1.54, 1.807) is 0 Å². The van der Waals surface area contributed by atoms with Crippen LogP contribution in [0.1, 0.15) is 226 Å². The average Bonchev–Trinajstić information content (AvgIpc) is 3.29. The number of hydrogen-bond acceptors (Lipinski definition) is 10. The zero-order valence-corrected chi connectivity index (χ0v) is 40.8. The number of esters is 2. The Balaban J connectivity index is 2.25. The van der Waals surface area contributed by atoms with Gasteiger partial charge in [-0.3, -0.25) is 9.59 Å². The quantitative estimate of drug-likeness (QED) is 0.0264. The smallest absolute Gasteiger partial charge is 0.306 e. The van der Waals surface area contributed by atoms with Crippen molar-refractivity contribution in [1.29, 1.82) is 0 Å². The maximum Gasteiger partial charge on any atom is 0.306 e.